The van der Waals surface area contributed by atoms with Gasteiger partial charge in [0.15, 0.2) is 0 Å². The molecule has 0 saturated carbocycles. The normalized spacial score (nSPS) is 20.1. The second-order valence-corrected chi connectivity index (χ2v) is 8.37. The highest BCUT2D eigenvalue weighted by atomic mass is 16.4. The molecule has 5 atom stereocenters. The molecule has 1 fully saturated rings. The average Bonchev–Trinajstić information content (AvgIpc) is 3.19. The first-order chi connectivity index (χ1) is 14.5. The van der Waals surface area contributed by atoms with Crippen LogP contribution in [0.1, 0.15) is 52.9 Å². The molecular weight excluding hydrogens is 406 g/mol. The summed E-state index contributed by atoms with van der Waals surface area (Å²) in [7, 11) is 0. The first-order valence-electron chi connectivity index (χ1n) is 10.8. The van der Waals surface area contributed by atoms with Gasteiger partial charge in [-0.2, -0.15) is 0 Å². The number of aliphatic carboxylic acids is 1. The van der Waals surface area contributed by atoms with Gasteiger partial charge in [0.25, 0.3) is 0 Å². The van der Waals surface area contributed by atoms with E-state index in [1.165, 1.54) is 11.8 Å². The van der Waals surface area contributed by atoms with Gasteiger partial charge in [-0.15, -0.1) is 0 Å². The number of nitrogens with two attached hydrogens (primary N) is 2. The number of aliphatic hydroxyl groups excluding tert-OH is 1. The molecule has 11 nitrogen and oxygen atoms in total. The van der Waals surface area contributed by atoms with Crippen LogP contribution in [-0.2, 0) is 19.2 Å². The largest absolute Gasteiger partial charge is 0.480 e. The van der Waals surface area contributed by atoms with Crippen LogP contribution in [0.4, 0.5) is 0 Å². The molecule has 0 aliphatic carbocycles. The minimum absolute atomic E-state index is 0.285. The Kier molecular flexibility index (Phi) is 10.9. The van der Waals surface area contributed by atoms with E-state index in [1.54, 1.807) is 13.8 Å². The van der Waals surface area contributed by atoms with Crippen LogP contribution in [0.2, 0.25) is 0 Å². The summed E-state index contributed by atoms with van der Waals surface area (Å²) in [6.45, 7) is 5.51. The number of hydrogen-bond acceptors (Lipinski definition) is 7. The maximum atomic E-state index is 12.9. The number of unbranched alkanes of at least 4 members (excludes halogenated alkanes) is 1. The van der Waals surface area contributed by atoms with Gasteiger partial charge in [-0.05, 0) is 51.5 Å². The fourth-order valence-electron chi connectivity index (χ4n) is 3.50. The van der Waals surface area contributed by atoms with Crippen molar-refractivity contribution in [2.45, 2.75) is 83.1 Å². The highest BCUT2D eigenvalue weighted by Gasteiger charge is 2.38. The molecule has 5 unspecified atom stereocenters. The van der Waals surface area contributed by atoms with E-state index >= 15 is 0 Å². The molecule has 0 bridgehead atoms. The SMILES string of the molecule is CC(C)C(NC(=O)C(CCCCN)NC(=O)C1CCCN1C(=O)C(N)C(C)O)C(=O)O. The lowest BCUT2D eigenvalue weighted by molar-refractivity contribution is -0.144. The maximum Gasteiger partial charge on any atom is 0.326 e. The summed E-state index contributed by atoms with van der Waals surface area (Å²) >= 11 is 0. The lowest BCUT2D eigenvalue weighted by atomic mass is 10.0. The zero-order valence-corrected chi connectivity index (χ0v) is 18.5. The third-order valence-electron chi connectivity index (χ3n) is 5.45. The number of carboxylic acids is 1. The van der Waals surface area contributed by atoms with Crippen molar-refractivity contribution < 1.29 is 29.4 Å². The summed E-state index contributed by atoms with van der Waals surface area (Å²) in [5.41, 5.74) is 11.3. The lowest BCUT2D eigenvalue weighted by Gasteiger charge is -2.29. The van der Waals surface area contributed by atoms with E-state index in [4.69, 9.17) is 11.5 Å². The zero-order chi connectivity index (χ0) is 23.7. The number of aliphatic hydroxyl groups is 1. The van der Waals surface area contributed by atoms with Crippen molar-refractivity contribution >= 4 is 23.7 Å². The lowest BCUT2D eigenvalue weighted by Crippen LogP contribution is -2.58. The van der Waals surface area contributed by atoms with Gasteiger partial charge < -0.3 is 37.2 Å². The summed E-state index contributed by atoms with van der Waals surface area (Å²) in [5, 5.41) is 24.1. The second-order valence-electron chi connectivity index (χ2n) is 8.37. The van der Waals surface area contributed by atoms with Crippen LogP contribution in [0.3, 0.4) is 0 Å². The third kappa shape index (κ3) is 7.75. The standard InChI is InChI=1S/C20H37N5O6/c1-11(2)16(20(30)31)24-17(27)13(7-4-5-9-21)23-18(28)14-8-6-10-25(14)19(29)15(22)12(3)26/h11-16,26H,4-10,21-22H2,1-3H3,(H,23,28)(H,24,27)(H,30,31). The molecule has 1 aliphatic heterocycles. The molecule has 1 heterocycles. The van der Waals surface area contributed by atoms with Crippen molar-refractivity contribution in [3.05, 3.63) is 0 Å². The average molecular weight is 444 g/mol. The summed E-state index contributed by atoms with van der Waals surface area (Å²) < 4.78 is 0. The molecule has 1 saturated heterocycles. The number of carbonyl (C=O) groups is 4. The molecule has 1 rings (SSSR count). The first kappa shape index (κ1) is 26.8. The second kappa shape index (κ2) is 12.6. The van der Waals surface area contributed by atoms with E-state index in [0.29, 0.717) is 38.8 Å². The first-order valence-corrected chi connectivity index (χ1v) is 10.8. The fourth-order valence-corrected chi connectivity index (χ4v) is 3.50. The summed E-state index contributed by atoms with van der Waals surface area (Å²) in [6.07, 6.45) is 1.43. The Morgan fingerprint density at radius 2 is 1.77 bits per heavy atom. The molecule has 0 aromatic heterocycles. The Morgan fingerprint density at radius 3 is 2.29 bits per heavy atom. The maximum absolute atomic E-state index is 12.9. The molecule has 3 amide bonds. The number of likely N-dealkylation sites (tertiary alicyclic amines) is 1. The molecule has 11 heteroatoms. The molecule has 178 valence electrons. The number of nitrogens with one attached hydrogen (secondary N) is 2. The fraction of sp³-hybridized carbons (Fsp3) is 0.800. The molecular formula is C20H37N5O6. The molecule has 31 heavy (non-hydrogen) atoms. The van der Waals surface area contributed by atoms with Crippen molar-refractivity contribution in [1.82, 2.24) is 15.5 Å². The monoisotopic (exact) mass is 443 g/mol. The number of nitrogens with zero attached hydrogens (tertiary/aromatic N) is 1. The van der Waals surface area contributed by atoms with E-state index in [2.05, 4.69) is 10.6 Å². The predicted octanol–water partition coefficient (Wildman–Crippen LogP) is -1.48. The summed E-state index contributed by atoms with van der Waals surface area (Å²) in [4.78, 5) is 51.0. The molecule has 8 N–H and O–H groups in total. The van der Waals surface area contributed by atoms with E-state index in [1.807, 2.05) is 0 Å². The van der Waals surface area contributed by atoms with Crippen molar-refractivity contribution in [3.63, 3.8) is 0 Å². The third-order valence-corrected chi connectivity index (χ3v) is 5.45. The zero-order valence-electron chi connectivity index (χ0n) is 18.5. The summed E-state index contributed by atoms with van der Waals surface area (Å²) in [5.74, 6) is -3.12. The Hall–Kier alpha value is -2.24. The van der Waals surface area contributed by atoms with Gasteiger partial charge in [0.1, 0.15) is 24.2 Å². The van der Waals surface area contributed by atoms with Crippen LogP contribution in [-0.4, -0.2) is 82.2 Å². The number of carboxylic acid groups (broad SMARTS) is 1. The van der Waals surface area contributed by atoms with Crippen molar-refractivity contribution in [2.75, 3.05) is 13.1 Å². The number of amides is 3. The van der Waals surface area contributed by atoms with Gasteiger partial charge in [-0.25, -0.2) is 4.79 Å². The van der Waals surface area contributed by atoms with E-state index in [9.17, 15) is 29.4 Å². The highest BCUT2D eigenvalue weighted by Crippen LogP contribution is 2.19. The molecule has 0 radical (unpaired) electrons. The Morgan fingerprint density at radius 1 is 1.13 bits per heavy atom. The van der Waals surface area contributed by atoms with E-state index in [-0.39, 0.29) is 12.3 Å². The van der Waals surface area contributed by atoms with Crippen LogP contribution >= 0.6 is 0 Å². The number of hydrogen-bond donors (Lipinski definition) is 6. The van der Waals surface area contributed by atoms with E-state index in [0.717, 1.165) is 0 Å². The molecule has 1 aliphatic rings. The summed E-state index contributed by atoms with van der Waals surface area (Å²) in [6, 6.07) is -3.99. The minimum atomic E-state index is -1.16. The predicted molar refractivity (Wildman–Crippen MR) is 114 cm³/mol. The quantitative estimate of drug-likeness (QED) is 0.197. The Bertz CT molecular complexity index is 642. The van der Waals surface area contributed by atoms with Crippen LogP contribution in [0.25, 0.3) is 0 Å². The topological polar surface area (TPSA) is 188 Å². The van der Waals surface area contributed by atoms with E-state index < -0.39 is 54.0 Å². The molecule has 0 spiro atoms. The van der Waals surface area contributed by atoms with Gasteiger partial charge in [-0.3, -0.25) is 14.4 Å². The van der Waals surface area contributed by atoms with Crippen LogP contribution < -0.4 is 22.1 Å². The Labute approximate surface area is 182 Å². The van der Waals surface area contributed by atoms with Crippen LogP contribution in [0.5, 0.6) is 0 Å². The smallest absolute Gasteiger partial charge is 0.326 e. The number of carbonyl (C=O) groups excluding carboxylic acids is 3. The van der Waals surface area contributed by atoms with Gasteiger partial charge in [0.05, 0.1) is 6.10 Å². The highest BCUT2D eigenvalue weighted by molar-refractivity contribution is 5.94. The van der Waals surface area contributed by atoms with Gasteiger partial charge in [0.2, 0.25) is 17.7 Å². The number of rotatable bonds is 12. The van der Waals surface area contributed by atoms with Crippen molar-refractivity contribution in [3.8, 4) is 0 Å². The van der Waals surface area contributed by atoms with Crippen LogP contribution in [0, 0.1) is 5.92 Å². The molecule has 0 aromatic rings. The molecule has 0 aromatic carbocycles. The van der Waals surface area contributed by atoms with Crippen LogP contribution in [0.15, 0.2) is 0 Å². The minimum Gasteiger partial charge on any atom is -0.480 e. The van der Waals surface area contributed by atoms with Gasteiger partial charge >= 0.3 is 5.97 Å². The Balaban J connectivity index is 2.92. The van der Waals surface area contributed by atoms with Crippen molar-refractivity contribution in [2.24, 2.45) is 17.4 Å². The van der Waals surface area contributed by atoms with Crippen molar-refractivity contribution in [1.29, 1.82) is 0 Å². The van der Waals surface area contributed by atoms with Gasteiger partial charge in [0, 0.05) is 6.54 Å². The van der Waals surface area contributed by atoms with Gasteiger partial charge in [-0.1, -0.05) is 13.8 Å².